The SMILES string of the molecule is Cc1ccc(Br)c(O)c1C1(C(=O)O)CC1. The van der Waals surface area contributed by atoms with Crippen LogP contribution in [-0.2, 0) is 10.2 Å². The van der Waals surface area contributed by atoms with E-state index in [1.165, 1.54) is 0 Å². The number of carbonyl (C=O) groups is 1. The van der Waals surface area contributed by atoms with Crippen LogP contribution in [0.4, 0.5) is 0 Å². The third-order valence-electron chi connectivity index (χ3n) is 2.97. The molecule has 0 bridgehead atoms. The van der Waals surface area contributed by atoms with E-state index in [1.54, 1.807) is 6.07 Å². The second kappa shape index (κ2) is 3.23. The van der Waals surface area contributed by atoms with Crippen molar-refractivity contribution in [3.05, 3.63) is 27.7 Å². The van der Waals surface area contributed by atoms with Gasteiger partial charge in [0.05, 0.1) is 9.89 Å². The van der Waals surface area contributed by atoms with Crippen molar-refractivity contribution in [1.29, 1.82) is 0 Å². The average Bonchev–Trinajstić information content (AvgIpc) is 2.93. The smallest absolute Gasteiger partial charge is 0.314 e. The van der Waals surface area contributed by atoms with Crippen LogP contribution in [0, 0.1) is 6.92 Å². The number of carboxylic acid groups (broad SMARTS) is 1. The van der Waals surface area contributed by atoms with Crippen molar-refractivity contribution in [2.75, 3.05) is 0 Å². The van der Waals surface area contributed by atoms with E-state index in [1.807, 2.05) is 13.0 Å². The fourth-order valence-electron chi connectivity index (χ4n) is 1.97. The number of phenols is 1. The van der Waals surface area contributed by atoms with E-state index in [0.717, 1.165) is 5.56 Å². The Kier molecular flexibility index (Phi) is 2.26. The highest BCUT2D eigenvalue weighted by Crippen LogP contribution is 2.53. The van der Waals surface area contributed by atoms with E-state index in [-0.39, 0.29) is 5.75 Å². The van der Waals surface area contributed by atoms with Crippen LogP contribution >= 0.6 is 15.9 Å². The molecule has 0 radical (unpaired) electrons. The number of aliphatic carboxylic acids is 1. The maximum absolute atomic E-state index is 11.2. The Bertz CT molecular complexity index is 436. The summed E-state index contributed by atoms with van der Waals surface area (Å²) in [6, 6.07) is 3.55. The largest absolute Gasteiger partial charge is 0.506 e. The molecule has 1 fully saturated rings. The molecule has 1 saturated carbocycles. The van der Waals surface area contributed by atoms with Crippen molar-refractivity contribution in [2.24, 2.45) is 0 Å². The van der Waals surface area contributed by atoms with Gasteiger partial charge < -0.3 is 10.2 Å². The Hall–Kier alpha value is -1.03. The summed E-state index contributed by atoms with van der Waals surface area (Å²) in [7, 11) is 0. The monoisotopic (exact) mass is 270 g/mol. The molecule has 0 aliphatic heterocycles. The summed E-state index contributed by atoms with van der Waals surface area (Å²) in [4.78, 5) is 11.2. The summed E-state index contributed by atoms with van der Waals surface area (Å²) in [6.07, 6.45) is 1.21. The molecule has 1 aliphatic carbocycles. The zero-order chi connectivity index (χ0) is 11.2. The van der Waals surface area contributed by atoms with Gasteiger partial charge in [0.25, 0.3) is 0 Å². The number of hydrogen-bond acceptors (Lipinski definition) is 2. The van der Waals surface area contributed by atoms with Crippen LogP contribution < -0.4 is 0 Å². The Balaban J connectivity index is 2.62. The van der Waals surface area contributed by atoms with Crippen molar-refractivity contribution in [2.45, 2.75) is 25.2 Å². The first-order valence-electron chi connectivity index (χ1n) is 4.71. The summed E-state index contributed by atoms with van der Waals surface area (Å²) in [5.41, 5.74) is 0.540. The fraction of sp³-hybridized carbons (Fsp3) is 0.364. The van der Waals surface area contributed by atoms with E-state index in [0.29, 0.717) is 22.9 Å². The van der Waals surface area contributed by atoms with Crippen LogP contribution in [-0.4, -0.2) is 16.2 Å². The number of phenolic OH excluding ortho intramolecular Hbond substituents is 1. The van der Waals surface area contributed by atoms with Gasteiger partial charge in [-0.05, 0) is 47.3 Å². The lowest BCUT2D eigenvalue weighted by atomic mass is 9.91. The number of halogens is 1. The molecule has 80 valence electrons. The number of aryl methyl sites for hydroxylation is 1. The van der Waals surface area contributed by atoms with Gasteiger partial charge in [0.1, 0.15) is 5.75 Å². The molecular formula is C11H11BrO3. The van der Waals surface area contributed by atoms with Gasteiger partial charge in [-0.1, -0.05) is 6.07 Å². The van der Waals surface area contributed by atoms with E-state index in [9.17, 15) is 15.0 Å². The lowest BCUT2D eigenvalue weighted by Gasteiger charge is -2.16. The minimum absolute atomic E-state index is 0.0647. The van der Waals surface area contributed by atoms with Gasteiger partial charge in [-0.15, -0.1) is 0 Å². The van der Waals surface area contributed by atoms with E-state index in [4.69, 9.17) is 0 Å². The molecule has 0 heterocycles. The van der Waals surface area contributed by atoms with Crippen molar-refractivity contribution < 1.29 is 15.0 Å². The summed E-state index contributed by atoms with van der Waals surface area (Å²) in [5.74, 6) is -0.783. The van der Waals surface area contributed by atoms with E-state index >= 15 is 0 Å². The summed E-state index contributed by atoms with van der Waals surface area (Å²) < 4.78 is 0.552. The van der Waals surface area contributed by atoms with Crippen LogP contribution in [0.1, 0.15) is 24.0 Å². The molecule has 0 saturated heterocycles. The van der Waals surface area contributed by atoms with Gasteiger partial charge in [-0.3, -0.25) is 4.79 Å². The van der Waals surface area contributed by atoms with Crippen molar-refractivity contribution in [1.82, 2.24) is 0 Å². The second-order valence-electron chi connectivity index (χ2n) is 3.98. The van der Waals surface area contributed by atoms with Gasteiger partial charge in [0.15, 0.2) is 0 Å². The third kappa shape index (κ3) is 1.44. The predicted octanol–water partition coefficient (Wildman–Crippen LogP) is 2.58. The Morgan fingerprint density at radius 2 is 2.07 bits per heavy atom. The zero-order valence-corrected chi connectivity index (χ0v) is 9.84. The average molecular weight is 271 g/mol. The molecule has 4 heteroatoms. The molecule has 1 aromatic rings. The molecule has 1 aliphatic rings. The number of rotatable bonds is 2. The van der Waals surface area contributed by atoms with Crippen LogP contribution in [0.2, 0.25) is 0 Å². The van der Waals surface area contributed by atoms with Crippen LogP contribution in [0.25, 0.3) is 0 Å². The highest BCUT2D eigenvalue weighted by Gasteiger charge is 2.54. The van der Waals surface area contributed by atoms with Gasteiger partial charge in [0, 0.05) is 5.56 Å². The highest BCUT2D eigenvalue weighted by molar-refractivity contribution is 9.10. The van der Waals surface area contributed by atoms with E-state index in [2.05, 4.69) is 15.9 Å². The molecule has 0 atom stereocenters. The molecule has 2 N–H and O–H groups in total. The van der Waals surface area contributed by atoms with Crippen LogP contribution in [0.15, 0.2) is 16.6 Å². The van der Waals surface area contributed by atoms with Gasteiger partial charge in [-0.25, -0.2) is 0 Å². The van der Waals surface area contributed by atoms with Crippen molar-refractivity contribution in [3.8, 4) is 5.75 Å². The van der Waals surface area contributed by atoms with Crippen molar-refractivity contribution >= 4 is 21.9 Å². The van der Waals surface area contributed by atoms with Gasteiger partial charge >= 0.3 is 5.97 Å². The first kappa shape index (κ1) is 10.5. The summed E-state index contributed by atoms with van der Waals surface area (Å²) >= 11 is 3.21. The van der Waals surface area contributed by atoms with Crippen LogP contribution in [0.3, 0.4) is 0 Å². The van der Waals surface area contributed by atoms with E-state index < -0.39 is 11.4 Å². The van der Waals surface area contributed by atoms with Crippen LogP contribution in [0.5, 0.6) is 5.75 Å². The Labute approximate surface area is 95.9 Å². The summed E-state index contributed by atoms with van der Waals surface area (Å²) in [6.45, 7) is 1.82. The molecule has 0 unspecified atom stereocenters. The predicted molar refractivity (Wildman–Crippen MR) is 59.1 cm³/mol. The molecule has 0 amide bonds. The number of aromatic hydroxyl groups is 1. The Morgan fingerprint density at radius 3 is 2.53 bits per heavy atom. The number of carboxylic acids is 1. The molecule has 15 heavy (non-hydrogen) atoms. The quantitative estimate of drug-likeness (QED) is 0.869. The van der Waals surface area contributed by atoms with Gasteiger partial charge in [0.2, 0.25) is 0 Å². The topological polar surface area (TPSA) is 57.5 Å². The standard InChI is InChI=1S/C11H11BrO3/c1-6-2-3-7(12)9(13)8(6)11(4-5-11)10(14)15/h2-3,13H,4-5H2,1H3,(H,14,15). The lowest BCUT2D eigenvalue weighted by Crippen LogP contribution is -2.20. The molecule has 1 aromatic carbocycles. The third-order valence-corrected chi connectivity index (χ3v) is 3.61. The second-order valence-corrected chi connectivity index (χ2v) is 4.83. The first-order chi connectivity index (χ1) is 6.99. The highest BCUT2D eigenvalue weighted by atomic mass is 79.9. The minimum Gasteiger partial charge on any atom is -0.506 e. The minimum atomic E-state index is -0.849. The molecular weight excluding hydrogens is 260 g/mol. The number of hydrogen-bond donors (Lipinski definition) is 2. The van der Waals surface area contributed by atoms with Gasteiger partial charge in [-0.2, -0.15) is 0 Å². The molecule has 3 nitrogen and oxygen atoms in total. The normalized spacial score (nSPS) is 17.5. The molecule has 0 spiro atoms. The lowest BCUT2D eigenvalue weighted by molar-refractivity contribution is -0.140. The molecule has 0 aromatic heterocycles. The molecule has 2 rings (SSSR count). The maximum Gasteiger partial charge on any atom is 0.314 e. The Morgan fingerprint density at radius 1 is 1.47 bits per heavy atom. The number of benzene rings is 1. The zero-order valence-electron chi connectivity index (χ0n) is 8.25. The first-order valence-corrected chi connectivity index (χ1v) is 5.50. The summed E-state index contributed by atoms with van der Waals surface area (Å²) in [5, 5.41) is 19.1. The maximum atomic E-state index is 11.2. The van der Waals surface area contributed by atoms with Crippen molar-refractivity contribution in [3.63, 3.8) is 0 Å². The fourth-order valence-corrected chi connectivity index (χ4v) is 2.30.